The molecule has 284 valence electrons. The van der Waals surface area contributed by atoms with Crippen LogP contribution in [0.25, 0.3) is 32.1 Å². The predicted octanol–water partition coefficient (Wildman–Crippen LogP) is 9.08. The highest BCUT2D eigenvalue weighted by Gasteiger charge is 2.32. The van der Waals surface area contributed by atoms with Gasteiger partial charge in [0.05, 0.1) is 53.1 Å². The van der Waals surface area contributed by atoms with Crippen molar-refractivity contribution in [2.75, 3.05) is 25.5 Å². The van der Waals surface area contributed by atoms with Gasteiger partial charge in [0, 0.05) is 23.2 Å². The smallest absolute Gasteiger partial charge is 0.412 e. The number of rotatable bonds is 4. The van der Waals surface area contributed by atoms with Crippen LogP contribution in [0, 0.1) is 23.1 Å². The number of carbonyl (C=O) groups excluding carboxylic acids is 3. The summed E-state index contributed by atoms with van der Waals surface area (Å²) in [6, 6.07) is 4.89. The van der Waals surface area contributed by atoms with Crippen LogP contribution in [0.1, 0.15) is 88.6 Å². The van der Waals surface area contributed by atoms with E-state index >= 15 is 4.39 Å². The van der Waals surface area contributed by atoms with Gasteiger partial charge in [0.1, 0.15) is 28.1 Å². The van der Waals surface area contributed by atoms with Gasteiger partial charge in [-0.05, 0) is 83.1 Å². The lowest BCUT2D eigenvalue weighted by atomic mass is 9.91. The molecule has 0 spiro atoms. The van der Waals surface area contributed by atoms with Crippen LogP contribution in [0.4, 0.5) is 24.8 Å². The van der Waals surface area contributed by atoms with Crippen molar-refractivity contribution in [3.05, 3.63) is 45.5 Å². The Labute approximate surface area is 320 Å². The Morgan fingerprint density at radius 2 is 1.80 bits per heavy atom. The van der Waals surface area contributed by atoms with Crippen LogP contribution in [0.15, 0.2) is 17.1 Å². The Hall–Kier alpha value is -4.91. The van der Waals surface area contributed by atoms with Crippen LogP contribution in [-0.2, 0) is 32.2 Å². The first-order valence-corrected chi connectivity index (χ1v) is 18.5. The molecule has 2 aromatic heterocycles. The van der Waals surface area contributed by atoms with Crippen molar-refractivity contribution < 1.29 is 37.7 Å². The number of esters is 1. The van der Waals surface area contributed by atoms with Crippen molar-refractivity contribution in [1.29, 1.82) is 5.26 Å². The van der Waals surface area contributed by atoms with Crippen molar-refractivity contribution in [3.63, 3.8) is 0 Å². The summed E-state index contributed by atoms with van der Waals surface area (Å²) in [7, 11) is 1.20. The number of hydrogen-bond acceptors (Lipinski definition) is 12. The average Bonchev–Trinajstić information content (AvgIpc) is 3.65. The van der Waals surface area contributed by atoms with E-state index in [2.05, 4.69) is 28.3 Å². The number of carbonyl (C=O) groups is 3. The number of nitrogens with one attached hydrogen (secondary N) is 1. The first-order valence-electron chi connectivity index (χ1n) is 17.3. The minimum Gasteiger partial charge on any atom is -0.463 e. The lowest BCUT2D eigenvalue weighted by molar-refractivity contribution is 0.0260. The highest BCUT2D eigenvalue weighted by Crippen LogP contribution is 2.50. The molecular formula is C38H40ClFN6O7S. The molecule has 0 saturated carbocycles. The van der Waals surface area contributed by atoms with Gasteiger partial charge in [0.25, 0.3) is 0 Å². The fourth-order valence-corrected chi connectivity index (χ4v) is 7.90. The molecule has 2 aromatic carbocycles. The van der Waals surface area contributed by atoms with E-state index in [1.807, 2.05) is 0 Å². The van der Waals surface area contributed by atoms with Gasteiger partial charge in [-0.2, -0.15) is 5.26 Å². The number of benzene rings is 2. The molecule has 2 aliphatic heterocycles. The van der Waals surface area contributed by atoms with E-state index in [4.69, 9.17) is 35.5 Å². The normalized spacial score (nSPS) is 16.9. The molecule has 2 amide bonds. The topological polar surface area (TPSA) is 165 Å². The number of halogens is 2. The van der Waals surface area contributed by atoms with Crippen LogP contribution < -0.4 is 5.32 Å². The molecule has 13 nitrogen and oxygen atoms in total. The number of methoxy groups -OCH3 is 1. The van der Waals surface area contributed by atoms with Crippen LogP contribution >= 0.6 is 22.9 Å². The maximum Gasteiger partial charge on any atom is 0.412 e. The molecule has 1 N–H and O–H groups in total. The second-order valence-corrected chi connectivity index (χ2v) is 16.7. The molecule has 0 aliphatic carbocycles. The number of nitriles is 1. The molecule has 4 aromatic rings. The van der Waals surface area contributed by atoms with E-state index in [0.29, 0.717) is 46.3 Å². The highest BCUT2D eigenvalue weighted by atomic mass is 35.5. The van der Waals surface area contributed by atoms with Gasteiger partial charge in [-0.1, -0.05) is 24.6 Å². The fraction of sp³-hybridized carbons (Fsp3) is 0.447. The number of amides is 2. The maximum absolute atomic E-state index is 15.5. The summed E-state index contributed by atoms with van der Waals surface area (Å²) in [5.41, 5.74) is 1.38. The third-order valence-electron chi connectivity index (χ3n) is 8.68. The monoisotopic (exact) mass is 778 g/mol. The average molecular weight is 779 g/mol. The highest BCUT2D eigenvalue weighted by molar-refractivity contribution is 7.23. The molecule has 1 atom stereocenters. The Bertz CT molecular complexity index is 2290. The molecule has 1 saturated heterocycles. The van der Waals surface area contributed by atoms with Crippen LogP contribution in [0.2, 0.25) is 5.02 Å². The number of nitrogens with zero attached hydrogens (tertiary/aromatic N) is 5. The molecule has 0 radical (unpaired) electrons. The third-order valence-corrected chi connectivity index (χ3v) is 10.2. The standard InChI is InChI=1S/C38H40ClFN6O7S/c1-18-9-10-19(15-46(14-18)36(49)53-38(5,6)7)42-31-27-23-17-51-16-22(23)25(28(39)29(27)43-32(44-31)34(47)50-8)20-11-12-24(40)30-26(20)21(13-41)33(54-30)45-35(48)52-37(2,3)4/h11-12,18H,9-10,14-17H2,1-8H3,(H,45,48). The van der Waals surface area contributed by atoms with E-state index in [-0.39, 0.29) is 68.5 Å². The number of anilines is 1. The Morgan fingerprint density at radius 3 is 2.46 bits per heavy atom. The summed E-state index contributed by atoms with van der Waals surface area (Å²) in [5.74, 6) is -1.43. The summed E-state index contributed by atoms with van der Waals surface area (Å²) >= 11 is 8.18. The molecule has 16 heteroatoms. The zero-order valence-corrected chi connectivity index (χ0v) is 32.8. The van der Waals surface area contributed by atoms with Gasteiger partial charge in [-0.15, -0.1) is 11.3 Å². The molecule has 1 fully saturated rings. The summed E-state index contributed by atoms with van der Waals surface area (Å²) in [6.07, 6.45) is 0.0227. The first kappa shape index (κ1) is 38.8. The number of thiophene rings is 1. The maximum atomic E-state index is 15.5. The fourth-order valence-electron chi connectivity index (χ4n) is 6.48. The van der Waals surface area contributed by atoms with Crippen molar-refractivity contribution >= 4 is 78.6 Å². The number of ether oxygens (including phenoxy) is 4. The van der Waals surface area contributed by atoms with Crippen molar-refractivity contribution in [2.24, 2.45) is 10.9 Å². The van der Waals surface area contributed by atoms with Gasteiger partial charge < -0.3 is 23.8 Å². The summed E-state index contributed by atoms with van der Waals surface area (Å²) < 4.78 is 37.7. The summed E-state index contributed by atoms with van der Waals surface area (Å²) in [4.78, 5) is 54.6. The van der Waals surface area contributed by atoms with Crippen molar-refractivity contribution in [3.8, 4) is 17.2 Å². The van der Waals surface area contributed by atoms with Crippen LogP contribution in [-0.4, -0.2) is 70.1 Å². The van der Waals surface area contributed by atoms with E-state index in [1.165, 1.54) is 19.2 Å². The molecule has 1 unspecified atom stereocenters. The van der Waals surface area contributed by atoms with Crippen LogP contribution in [0.3, 0.4) is 0 Å². The van der Waals surface area contributed by atoms with Gasteiger partial charge in [0.15, 0.2) is 5.82 Å². The van der Waals surface area contributed by atoms with E-state index < -0.39 is 35.2 Å². The largest absolute Gasteiger partial charge is 0.463 e. The van der Waals surface area contributed by atoms with Gasteiger partial charge >= 0.3 is 18.2 Å². The van der Waals surface area contributed by atoms with Gasteiger partial charge in [-0.25, -0.2) is 33.7 Å². The lowest BCUT2D eigenvalue weighted by Crippen LogP contribution is -2.40. The molecule has 4 heterocycles. The Morgan fingerprint density at radius 1 is 1.09 bits per heavy atom. The molecule has 2 aliphatic rings. The van der Waals surface area contributed by atoms with E-state index in [9.17, 15) is 19.6 Å². The third kappa shape index (κ3) is 7.82. The first-order chi connectivity index (χ1) is 25.4. The zero-order valence-electron chi connectivity index (χ0n) is 31.2. The minimum atomic E-state index is -0.829. The number of hydrogen-bond donors (Lipinski definition) is 1. The number of aromatic nitrogens is 2. The number of likely N-dealkylation sites (tertiary alicyclic amines) is 1. The minimum absolute atomic E-state index is 0.0151. The summed E-state index contributed by atoms with van der Waals surface area (Å²) in [5, 5.41) is 13.8. The van der Waals surface area contributed by atoms with E-state index in [1.54, 1.807) is 46.4 Å². The molecule has 0 bridgehead atoms. The number of fused-ring (bicyclic) bond motifs is 4. The van der Waals surface area contributed by atoms with E-state index in [0.717, 1.165) is 17.8 Å². The van der Waals surface area contributed by atoms with Gasteiger partial charge in [-0.3, -0.25) is 5.32 Å². The quantitative estimate of drug-likeness (QED) is 0.156. The van der Waals surface area contributed by atoms with Gasteiger partial charge in [0.2, 0.25) is 5.82 Å². The summed E-state index contributed by atoms with van der Waals surface area (Å²) in [6.45, 7) is 13.4. The Kier molecular flexibility index (Phi) is 10.6. The second-order valence-electron chi connectivity index (χ2n) is 15.3. The molecule has 6 rings (SSSR count). The van der Waals surface area contributed by atoms with Crippen LogP contribution in [0.5, 0.6) is 0 Å². The second kappa shape index (κ2) is 14.7. The zero-order chi connectivity index (χ0) is 39.3. The predicted molar refractivity (Wildman–Crippen MR) is 203 cm³/mol. The molecule has 54 heavy (non-hydrogen) atoms. The van der Waals surface area contributed by atoms with Crippen molar-refractivity contribution in [2.45, 2.75) is 85.7 Å². The number of aliphatic imine (C=N–C) groups is 1. The van der Waals surface area contributed by atoms with Crippen molar-refractivity contribution in [1.82, 2.24) is 14.9 Å². The lowest BCUT2D eigenvalue weighted by Gasteiger charge is -2.27. The molecular weight excluding hydrogens is 739 g/mol. The SMILES string of the molecule is COC(=O)c1nc(N=C2CCC(C)CN(C(=O)OC(C)(C)C)C2)c2c3c(c(-c4ccc(F)c5sc(NC(=O)OC(C)(C)C)c(C#N)c45)c(Cl)c2n1)COC3. The Balaban J connectivity index is 1.57.